The lowest BCUT2D eigenvalue weighted by Gasteiger charge is -1.85. The molecular formula is CH4FO2P. The molecule has 5 heavy (non-hydrogen) atoms. The van der Waals surface area contributed by atoms with E-state index in [4.69, 9.17) is 4.89 Å². The van der Waals surface area contributed by atoms with Crippen LogP contribution in [-0.2, 0) is 4.73 Å². The summed E-state index contributed by atoms with van der Waals surface area (Å²) in [5, 5.41) is 0. The van der Waals surface area contributed by atoms with Gasteiger partial charge in [0.1, 0.15) is 0 Å². The highest BCUT2D eigenvalue weighted by atomic mass is 31.2. The molecule has 0 bridgehead atoms. The van der Waals surface area contributed by atoms with Crippen molar-refractivity contribution < 1.29 is 14.1 Å². The first kappa shape index (κ1) is 5.28. The molecule has 1 unspecified atom stereocenters. The van der Waals surface area contributed by atoms with Gasteiger partial charge in [0.25, 0.3) is 0 Å². The summed E-state index contributed by atoms with van der Waals surface area (Å²) in [5.74, 6) is 0. The fourth-order valence-electron chi connectivity index (χ4n) is 0. The second-order valence-electron chi connectivity index (χ2n) is 0.533. The summed E-state index contributed by atoms with van der Waals surface area (Å²) >= 11 is 0. The Bertz CT molecular complexity index is 23.6. The van der Waals surface area contributed by atoms with Crippen molar-refractivity contribution in [2.45, 2.75) is 0 Å². The van der Waals surface area contributed by atoms with Gasteiger partial charge in [0, 0.05) is 6.66 Å². The number of halogens is 1. The van der Waals surface area contributed by atoms with E-state index in [1.54, 1.807) is 0 Å². The molecule has 0 saturated heterocycles. The summed E-state index contributed by atoms with van der Waals surface area (Å²) < 4.78 is 13.3. The highest BCUT2D eigenvalue weighted by Crippen LogP contribution is 2.24. The van der Waals surface area contributed by atoms with Crippen molar-refractivity contribution in [3.63, 3.8) is 0 Å². The maximum Gasteiger partial charge on any atom is 0.209 e. The van der Waals surface area contributed by atoms with Crippen molar-refractivity contribution in [3.05, 3.63) is 0 Å². The number of rotatable bonds is 1. The summed E-state index contributed by atoms with van der Waals surface area (Å²) in [5.41, 5.74) is 0. The molecule has 0 aliphatic carbocycles. The van der Waals surface area contributed by atoms with Gasteiger partial charge in [-0.15, -0.1) is 4.73 Å². The summed E-state index contributed by atoms with van der Waals surface area (Å²) in [6, 6.07) is 0. The highest BCUT2D eigenvalue weighted by molar-refractivity contribution is 7.45. The molecule has 0 aromatic rings. The van der Waals surface area contributed by atoms with Gasteiger partial charge in [-0.05, 0) is 4.53 Å². The molecule has 0 aromatic carbocycles. The van der Waals surface area contributed by atoms with Crippen molar-refractivity contribution in [1.82, 2.24) is 0 Å². The van der Waals surface area contributed by atoms with Crippen LogP contribution in [0.4, 0.5) is 4.53 Å². The Balaban J connectivity index is 2.54. The minimum Gasteiger partial charge on any atom is -0.348 e. The molecule has 32 valence electrons. The first-order valence-electron chi connectivity index (χ1n) is 0.984. The predicted octanol–water partition coefficient (Wildman–Crippen LogP) is 0.821. The quantitative estimate of drug-likeness (QED) is 0.492. The molecule has 0 aliphatic heterocycles. The summed E-state index contributed by atoms with van der Waals surface area (Å²) in [4.78, 5) is 7.83. The van der Waals surface area contributed by atoms with Crippen LogP contribution in [0.15, 0.2) is 0 Å². The second-order valence-corrected chi connectivity index (χ2v) is 1.60. The average Bonchev–Trinajstić information content (AvgIpc) is 1.38. The van der Waals surface area contributed by atoms with Crippen LogP contribution >= 0.6 is 8.38 Å². The third-order valence-electron chi connectivity index (χ3n) is 0.0999. The Morgan fingerprint density at radius 1 is 2.00 bits per heavy atom. The van der Waals surface area contributed by atoms with Crippen molar-refractivity contribution in [2.75, 3.05) is 6.66 Å². The molecule has 0 radical (unpaired) electrons. The predicted molar refractivity (Wildman–Crippen MR) is 17.3 cm³/mol. The molecule has 0 fully saturated rings. The van der Waals surface area contributed by atoms with Crippen molar-refractivity contribution in [3.8, 4) is 0 Å². The third kappa shape index (κ3) is 4.28. The van der Waals surface area contributed by atoms with E-state index in [2.05, 4.69) is 4.73 Å². The lowest BCUT2D eigenvalue weighted by molar-refractivity contribution is -0.00224. The van der Waals surface area contributed by atoms with Gasteiger partial charge in [0.15, 0.2) is 0 Å². The van der Waals surface area contributed by atoms with Crippen LogP contribution in [-0.4, -0.2) is 11.6 Å². The Kier molecular flexibility index (Phi) is 2.65. The maximum atomic E-state index is 10.4. The van der Waals surface area contributed by atoms with Crippen molar-refractivity contribution in [1.29, 1.82) is 0 Å². The van der Waals surface area contributed by atoms with Gasteiger partial charge in [-0.1, -0.05) is 0 Å². The van der Waals surface area contributed by atoms with E-state index in [0.717, 1.165) is 0 Å². The van der Waals surface area contributed by atoms with Crippen LogP contribution in [0.5, 0.6) is 0 Å². The Labute approximate surface area is 30.4 Å². The summed E-state index contributed by atoms with van der Waals surface area (Å²) in [6.45, 7) is 1.25. The molecule has 1 N–H and O–H groups in total. The number of hydrogen-bond acceptors (Lipinski definition) is 2. The Hall–Kier alpha value is 0.280. The van der Waals surface area contributed by atoms with Crippen LogP contribution in [0.1, 0.15) is 0 Å². The molecule has 2 nitrogen and oxygen atoms in total. The second kappa shape index (κ2) is 2.51. The molecule has 0 aliphatic rings. The maximum absolute atomic E-state index is 10.4. The molecule has 1 atom stereocenters. The first-order chi connectivity index (χ1) is 2.27. The standard InChI is InChI=1S/CH4FO2P/c1-5(3)4-2/h3H,1H3. The zero-order valence-corrected chi connectivity index (χ0v) is 3.58. The molecule has 0 heterocycles. The van der Waals surface area contributed by atoms with Crippen LogP contribution in [0.2, 0.25) is 0 Å². The molecule has 4 heteroatoms. The van der Waals surface area contributed by atoms with E-state index in [9.17, 15) is 4.53 Å². The minimum absolute atomic E-state index is 1.25. The molecule has 0 spiro atoms. The summed E-state index contributed by atoms with van der Waals surface area (Å²) in [6.07, 6.45) is 0. The van der Waals surface area contributed by atoms with Gasteiger partial charge in [0.05, 0.1) is 0 Å². The number of hydrogen-bond donors (Lipinski definition) is 1. The Morgan fingerprint density at radius 2 is 2.20 bits per heavy atom. The van der Waals surface area contributed by atoms with Crippen LogP contribution < -0.4 is 0 Å². The van der Waals surface area contributed by atoms with Crippen LogP contribution in [0, 0.1) is 0 Å². The fraction of sp³-hybridized carbons (Fsp3) is 1.00. The molecule has 0 saturated carbocycles. The minimum atomic E-state index is -1.76. The zero-order chi connectivity index (χ0) is 4.28. The van der Waals surface area contributed by atoms with E-state index in [1.807, 2.05) is 0 Å². The molecule has 0 rings (SSSR count). The van der Waals surface area contributed by atoms with Gasteiger partial charge in [-0.3, -0.25) is 0 Å². The van der Waals surface area contributed by atoms with Crippen LogP contribution in [0.3, 0.4) is 0 Å². The van der Waals surface area contributed by atoms with E-state index in [-0.39, 0.29) is 0 Å². The smallest absolute Gasteiger partial charge is 0.209 e. The molecular weight excluding hydrogens is 94.0 g/mol. The van der Waals surface area contributed by atoms with Gasteiger partial charge in [0.2, 0.25) is 8.38 Å². The van der Waals surface area contributed by atoms with E-state index >= 15 is 0 Å². The third-order valence-corrected chi connectivity index (χ3v) is 0.300. The SMILES string of the molecule is CP(O)OF. The van der Waals surface area contributed by atoms with Gasteiger partial charge < -0.3 is 4.89 Å². The normalized spacial score (nSPS) is 15.0. The topological polar surface area (TPSA) is 29.5 Å². The zero-order valence-electron chi connectivity index (χ0n) is 2.68. The Morgan fingerprint density at radius 3 is 2.20 bits per heavy atom. The van der Waals surface area contributed by atoms with E-state index in [1.165, 1.54) is 6.66 Å². The highest BCUT2D eigenvalue weighted by Gasteiger charge is 1.87. The van der Waals surface area contributed by atoms with E-state index < -0.39 is 8.38 Å². The van der Waals surface area contributed by atoms with E-state index in [0.29, 0.717) is 0 Å². The lowest BCUT2D eigenvalue weighted by atomic mass is 12.0. The summed E-state index contributed by atoms with van der Waals surface area (Å²) in [7, 11) is -1.76. The largest absolute Gasteiger partial charge is 0.348 e. The average molecular weight is 98.0 g/mol. The van der Waals surface area contributed by atoms with Crippen molar-refractivity contribution in [2.24, 2.45) is 0 Å². The van der Waals surface area contributed by atoms with Gasteiger partial charge in [-0.2, -0.15) is 0 Å². The van der Waals surface area contributed by atoms with Crippen LogP contribution in [0.25, 0.3) is 0 Å². The van der Waals surface area contributed by atoms with Gasteiger partial charge in [-0.25, -0.2) is 0 Å². The molecule has 0 amide bonds. The van der Waals surface area contributed by atoms with Gasteiger partial charge >= 0.3 is 0 Å². The lowest BCUT2D eigenvalue weighted by Crippen LogP contribution is -1.59. The molecule has 0 aromatic heterocycles. The monoisotopic (exact) mass is 98.0 g/mol. The first-order valence-corrected chi connectivity index (χ1v) is 2.64. The van der Waals surface area contributed by atoms with Crippen molar-refractivity contribution >= 4 is 8.38 Å². The fourth-order valence-corrected chi connectivity index (χ4v) is 0.